The second-order valence-corrected chi connectivity index (χ2v) is 9.63. The summed E-state index contributed by atoms with van der Waals surface area (Å²) in [6, 6.07) is 14.4. The highest BCUT2D eigenvalue weighted by atomic mass is 19.1. The number of likely N-dealkylation sites (tertiary alicyclic amines) is 1. The Balaban J connectivity index is 1.28. The van der Waals surface area contributed by atoms with Crippen LogP contribution in [0.4, 0.5) is 4.39 Å². The van der Waals surface area contributed by atoms with Crippen molar-refractivity contribution in [1.29, 1.82) is 0 Å². The number of carbonyl (C=O) groups excluding carboxylic acids is 1. The number of carbonyl (C=O) groups is 1. The van der Waals surface area contributed by atoms with E-state index in [0.29, 0.717) is 18.4 Å². The second kappa shape index (κ2) is 10.7. The Labute approximate surface area is 196 Å². The first-order chi connectivity index (χ1) is 15.9. The summed E-state index contributed by atoms with van der Waals surface area (Å²) in [6.07, 6.45) is 5.59. The zero-order valence-electron chi connectivity index (χ0n) is 19.7. The molecule has 178 valence electrons. The van der Waals surface area contributed by atoms with Gasteiger partial charge in [-0.05, 0) is 73.8 Å². The minimum Gasteiger partial charge on any atom is -0.494 e. The van der Waals surface area contributed by atoms with Gasteiger partial charge in [-0.2, -0.15) is 0 Å². The molecule has 0 unspecified atom stereocenters. The number of nitrogens with two attached hydrogens (primary N) is 1. The smallest absolute Gasteiger partial charge is 0.226 e. The van der Waals surface area contributed by atoms with Crippen LogP contribution in [0.25, 0.3) is 0 Å². The van der Waals surface area contributed by atoms with E-state index < -0.39 is 0 Å². The number of ether oxygens (including phenoxy) is 1. The van der Waals surface area contributed by atoms with Crippen molar-refractivity contribution in [2.45, 2.75) is 69.5 Å². The highest BCUT2D eigenvalue weighted by Crippen LogP contribution is 2.36. The number of benzene rings is 2. The van der Waals surface area contributed by atoms with Gasteiger partial charge in [0.25, 0.3) is 0 Å². The normalized spacial score (nSPS) is 22.4. The Hall–Kier alpha value is -2.44. The second-order valence-electron chi connectivity index (χ2n) is 9.63. The molecule has 5 nitrogen and oxygen atoms in total. The van der Waals surface area contributed by atoms with Crippen molar-refractivity contribution in [2.24, 2.45) is 5.73 Å². The summed E-state index contributed by atoms with van der Waals surface area (Å²) in [7, 11) is 1.49. The van der Waals surface area contributed by atoms with E-state index in [9.17, 15) is 9.18 Å². The van der Waals surface area contributed by atoms with E-state index in [1.54, 1.807) is 6.07 Å². The van der Waals surface area contributed by atoms with Crippen molar-refractivity contribution >= 4 is 5.91 Å². The van der Waals surface area contributed by atoms with Crippen LogP contribution in [0.2, 0.25) is 0 Å². The van der Waals surface area contributed by atoms with Crippen molar-refractivity contribution < 1.29 is 13.9 Å². The van der Waals surface area contributed by atoms with Crippen LogP contribution >= 0.6 is 0 Å². The fourth-order valence-corrected chi connectivity index (χ4v) is 5.17. The molecule has 4 rings (SSSR count). The molecule has 3 atom stereocenters. The molecule has 6 heteroatoms. The molecule has 2 aromatic rings. The van der Waals surface area contributed by atoms with Crippen LogP contribution in [-0.2, 0) is 11.2 Å². The molecule has 0 aromatic heterocycles. The third kappa shape index (κ3) is 5.92. The van der Waals surface area contributed by atoms with E-state index in [-0.39, 0.29) is 29.6 Å². The summed E-state index contributed by atoms with van der Waals surface area (Å²) in [4.78, 5) is 14.5. The summed E-state index contributed by atoms with van der Waals surface area (Å²) in [6.45, 7) is 3.66. The SMILES string of the molecule is COc1cc([C@@H](C)N[C@H]2CC[C@@H](c3ccc(CC(=O)N4CCC(N)CC4)cc3)C2)ccc1F. The minimum atomic E-state index is -0.334. The van der Waals surface area contributed by atoms with Gasteiger partial charge in [-0.1, -0.05) is 30.3 Å². The summed E-state index contributed by atoms with van der Waals surface area (Å²) < 4.78 is 18.8. The van der Waals surface area contributed by atoms with Crippen molar-refractivity contribution in [3.8, 4) is 5.75 Å². The fraction of sp³-hybridized carbons (Fsp3) is 0.519. The van der Waals surface area contributed by atoms with Crippen molar-refractivity contribution in [3.63, 3.8) is 0 Å². The molecule has 0 spiro atoms. The molecule has 1 heterocycles. The van der Waals surface area contributed by atoms with Gasteiger partial charge < -0.3 is 20.7 Å². The van der Waals surface area contributed by atoms with E-state index in [2.05, 4.69) is 36.5 Å². The summed E-state index contributed by atoms with van der Waals surface area (Å²) in [5, 5.41) is 3.71. The van der Waals surface area contributed by atoms with Gasteiger partial charge in [0.2, 0.25) is 5.91 Å². The van der Waals surface area contributed by atoms with Gasteiger partial charge in [-0.3, -0.25) is 4.79 Å². The first-order valence-corrected chi connectivity index (χ1v) is 12.1. The highest BCUT2D eigenvalue weighted by molar-refractivity contribution is 5.78. The molecule has 1 amide bonds. The predicted octanol–water partition coefficient (Wildman–Crippen LogP) is 4.31. The van der Waals surface area contributed by atoms with Gasteiger partial charge in [-0.25, -0.2) is 4.39 Å². The van der Waals surface area contributed by atoms with E-state index in [4.69, 9.17) is 10.5 Å². The quantitative estimate of drug-likeness (QED) is 0.656. The largest absolute Gasteiger partial charge is 0.494 e. The third-order valence-electron chi connectivity index (χ3n) is 7.29. The van der Waals surface area contributed by atoms with E-state index in [1.807, 2.05) is 11.0 Å². The van der Waals surface area contributed by atoms with Crippen molar-refractivity contribution in [2.75, 3.05) is 20.2 Å². The lowest BCUT2D eigenvalue weighted by molar-refractivity contribution is -0.131. The first-order valence-electron chi connectivity index (χ1n) is 12.1. The maximum absolute atomic E-state index is 13.7. The van der Waals surface area contributed by atoms with Crippen LogP contribution in [0.1, 0.15) is 67.7 Å². The number of amides is 1. The minimum absolute atomic E-state index is 0.126. The average Bonchev–Trinajstić information content (AvgIpc) is 3.28. The number of piperidine rings is 1. The molecule has 2 aromatic carbocycles. The Kier molecular flexibility index (Phi) is 7.66. The van der Waals surface area contributed by atoms with Crippen LogP contribution in [0, 0.1) is 5.82 Å². The molecular weight excluding hydrogens is 417 g/mol. The van der Waals surface area contributed by atoms with Crippen LogP contribution in [-0.4, -0.2) is 43.1 Å². The van der Waals surface area contributed by atoms with Crippen molar-refractivity contribution in [1.82, 2.24) is 10.2 Å². The van der Waals surface area contributed by atoms with Gasteiger partial charge in [-0.15, -0.1) is 0 Å². The summed E-state index contributed by atoms with van der Waals surface area (Å²) in [5.41, 5.74) is 9.39. The van der Waals surface area contributed by atoms with E-state index in [1.165, 1.54) is 18.7 Å². The van der Waals surface area contributed by atoms with Gasteiger partial charge in [0.05, 0.1) is 13.5 Å². The summed E-state index contributed by atoms with van der Waals surface area (Å²) in [5.74, 6) is 0.671. The van der Waals surface area contributed by atoms with Gasteiger partial charge in [0.15, 0.2) is 11.6 Å². The molecule has 2 aliphatic rings. The van der Waals surface area contributed by atoms with Crippen LogP contribution < -0.4 is 15.8 Å². The Morgan fingerprint density at radius 2 is 1.88 bits per heavy atom. The maximum atomic E-state index is 13.7. The number of nitrogens with zero attached hydrogens (tertiary/aromatic N) is 1. The number of hydrogen-bond acceptors (Lipinski definition) is 4. The Bertz CT molecular complexity index is 941. The number of methoxy groups -OCH3 is 1. The topological polar surface area (TPSA) is 67.6 Å². The zero-order chi connectivity index (χ0) is 23.4. The Morgan fingerprint density at radius 1 is 1.15 bits per heavy atom. The molecule has 1 aliphatic heterocycles. The average molecular weight is 454 g/mol. The third-order valence-corrected chi connectivity index (χ3v) is 7.29. The molecular formula is C27H36FN3O2. The maximum Gasteiger partial charge on any atom is 0.226 e. The number of hydrogen-bond donors (Lipinski definition) is 2. The molecule has 0 radical (unpaired) electrons. The van der Waals surface area contributed by atoms with E-state index in [0.717, 1.165) is 56.3 Å². The first kappa shape index (κ1) is 23.7. The van der Waals surface area contributed by atoms with E-state index >= 15 is 0 Å². The van der Waals surface area contributed by atoms with Gasteiger partial charge in [0.1, 0.15) is 0 Å². The van der Waals surface area contributed by atoms with Crippen LogP contribution in [0.3, 0.4) is 0 Å². The lowest BCUT2D eigenvalue weighted by atomic mass is 9.95. The number of nitrogens with one attached hydrogen (secondary N) is 1. The Morgan fingerprint density at radius 3 is 2.58 bits per heavy atom. The fourth-order valence-electron chi connectivity index (χ4n) is 5.17. The number of halogens is 1. The van der Waals surface area contributed by atoms with Gasteiger partial charge in [0, 0.05) is 31.2 Å². The molecule has 1 saturated heterocycles. The highest BCUT2D eigenvalue weighted by Gasteiger charge is 2.27. The molecule has 3 N–H and O–H groups in total. The van der Waals surface area contributed by atoms with Crippen LogP contribution in [0.5, 0.6) is 5.75 Å². The molecule has 0 bridgehead atoms. The molecule has 1 saturated carbocycles. The number of rotatable bonds is 7. The monoisotopic (exact) mass is 453 g/mol. The molecule has 1 aliphatic carbocycles. The molecule has 2 fully saturated rings. The van der Waals surface area contributed by atoms with Crippen molar-refractivity contribution in [3.05, 3.63) is 65.0 Å². The predicted molar refractivity (Wildman–Crippen MR) is 129 cm³/mol. The molecule has 33 heavy (non-hydrogen) atoms. The standard InChI is InChI=1S/C27H36FN3O2/c1-18(21-8-10-25(28)26(17-21)33-2)30-24-9-7-22(16-24)20-5-3-19(4-6-20)15-27(32)31-13-11-23(29)12-14-31/h3-6,8,10,17-18,22-24,30H,7,9,11-16,29H2,1-2H3/t18-,22-,24+/m1/s1. The zero-order valence-corrected chi connectivity index (χ0v) is 19.7. The summed E-state index contributed by atoms with van der Waals surface area (Å²) >= 11 is 0. The van der Waals surface area contributed by atoms with Gasteiger partial charge >= 0.3 is 0 Å². The van der Waals surface area contributed by atoms with Crippen LogP contribution in [0.15, 0.2) is 42.5 Å². The lowest BCUT2D eigenvalue weighted by Crippen LogP contribution is -2.43. The lowest BCUT2D eigenvalue weighted by Gasteiger charge is -2.30.